The first kappa shape index (κ1) is 14.5. The Labute approximate surface area is 115 Å². The Morgan fingerprint density at radius 3 is 2.42 bits per heavy atom. The number of halogens is 1. The van der Waals surface area contributed by atoms with Gasteiger partial charge in [0.2, 0.25) is 0 Å². The second kappa shape index (κ2) is 6.04. The fourth-order valence-corrected chi connectivity index (χ4v) is 2.08. The number of nitrogens with one attached hydrogen (secondary N) is 1. The lowest BCUT2D eigenvalue weighted by Gasteiger charge is -2.19. The lowest BCUT2D eigenvalue weighted by atomic mass is 10.1. The maximum Gasteiger partial charge on any atom is 0.157 e. The van der Waals surface area contributed by atoms with E-state index in [2.05, 4.69) is 5.32 Å². The van der Waals surface area contributed by atoms with Crippen LogP contribution in [0.15, 0.2) is 24.3 Å². The monoisotopic (exact) mass is 289 g/mol. The van der Waals surface area contributed by atoms with Gasteiger partial charge in [0.25, 0.3) is 0 Å². The van der Waals surface area contributed by atoms with Crippen LogP contribution in [0.25, 0.3) is 0 Å². The van der Waals surface area contributed by atoms with Gasteiger partial charge in [-0.1, -0.05) is 11.6 Å². The van der Waals surface area contributed by atoms with Gasteiger partial charge in [0, 0.05) is 10.7 Å². The molecule has 0 aromatic heterocycles. The zero-order valence-corrected chi connectivity index (χ0v) is 10.7. The van der Waals surface area contributed by atoms with E-state index in [-0.39, 0.29) is 0 Å². The van der Waals surface area contributed by atoms with Crippen LogP contribution < -0.4 is 5.32 Å². The summed E-state index contributed by atoms with van der Waals surface area (Å²) in [5.41, 5.74) is 0.653. The summed E-state index contributed by atoms with van der Waals surface area (Å²) in [5.74, 6) is 0. The highest BCUT2D eigenvalue weighted by Gasteiger charge is 2.45. The molecule has 1 aliphatic rings. The summed E-state index contributed by atoms with van der Waals surface area (Å²) in [7, 11) is 0. The highest BCUT2D eigenvalue weighted by molar-refractivity contribution is 6.30. The van der Waals surface area contributed by atoms with E-state index in [1.807, 2.05) is 0 Å². The van der Waals surface area contributed by atoms with Crippen molar-refractivity contribution in [3.05, 3.63) is 29.3 Å². The molecule has 19 heavy (non-hydrogen) atoms. The van der Waals surface area contributed by atoms with Gasteiger partial charge in [-0.15, -0.1) is 0 Å². The van der Waals surface area contributed by atoms with Crippen LogP contribution >= 0.6 is 11.6 Å². The molecule has 0 saturated carbocycles. The smallest absolute Gasteiger partial charge is 0.157 e. The molecule has 1 aromatic carbocycles. The van der Waals surface area contributed by atoms with E-state index in [1.165, 1.54) is 0 Å². The molecule has 1 fully saturated rings. The molecule has 0 bridgehead atoms. The third-order valence-corrected chi connectivity index (χ3v) is 3.27. The number of aliphatic hydroxyl groups excluding tert-OH is 4. The quantitative estimate of drug-likeness (QED) is 0.515. The van der Waals surface area contributed by atoms with Crippen molar-refractivity contribution in [2.45, 2.75) is 30.6 Å². The maximum atomic E-state index is 9.83. The lowest BCUT2D eigenvalue weighted by Crippen LogP contribution is -2.40. The molecule has 1 saturated heterocycles. The molecule has 0 aliphatic carbocycles. The number of hydrogen-bond donors (Lipinski definition) is 5. The van der Waals surface area contributed by atoms with Gasteiger partial charge in [-0.3, -0.25) is 0 Å². The van der Waals surface area contributed by atoms with Gasteiger partial charge in [0.1, 0.15) is 24.4 Å². The van der Waals surface area contributed by atoms with Crippen LogP contribution in [0, 0.1) is 0 Å². The van der Waals surface area contributed by atoms with Gasteiger partial charge in [-0.2, -0.15) is 0 Å². The summed E-state index contributed by atoms with van der Waals surface area (Å²) in [5, 5.41) is 41.3. The fraction of sp³-hybridized carbons (Fsp3) is 0.500. The fourth-order valence-electron chi connectivity index (χ4n) is 1.96. The Kier molecular flexibility index (Phi) is 4.62. The normalized spacial score (nSPS) is 32.3. The van der Waals surface area contributed by atoms with E-state index in [9.17, 15) is 15.3 Å². The van der Waals surface area contributed by atoms with E-state index in [0.717, 1.165) is 0 Å². The second-order valence-corrected chi connectivity index (χ2v) is 4.84. The van der Waals surface area contributed by atoms with Gasteiger partial charge in [0.15, 0.2) is 6.23 Å². The molecule has 5 atom stereocenters. The van der Waals surface area contributed by atoms with Gasteiger partial charge < -0.3 is 30.5 Å². The topological polar surface area (TPSA) is 102 Å². The largest absolute Gasteiger partial charge is 0.394 e. The Morgan fingerprint density at radius 1 is 1.21 bits per heavy atom. The van der Waals surface area contributed by atoms with Crippen molar-refractivity contribution in [1.82, 2.24) is 0 Å². The molecule has 0 radical (unpaired) electrons. The first-order valence-corrected chi connectivity index (χ1v) is 6.23. The first-order valence-electron chi connectivity index (χ1n) is 5.85. The Bertz CT molecular complexity index is 415. The molecule has 106 valence electrons. The number of aliphatic hydroxyl groups is 4. The van der Waals surface area contributed by atoms with Crippen molar-refractivity contribution < 1.29 is 25.2 Å². The van der Waals surface area contributed by atoms with Crippen LogP contribution in [0.4, 0.5) is 5.69 Å². The SMILES string of the molecule is OC[C@H](O)[C@@H]1O[C@H](Nc2ccc(Cl)cc2)[C@@H](O)[C@@H]1O. The minimum absolute atomic E-state index is 0.553. The van der Waals surface area contributed by atoms with Gasteiger partial charge in [-0.25, -0.2) is 0 Å². The summed E-state index contributed by atoms with van der Waals surface area (Å²) < 4.78 is 5.32. The minimum atomic E-state index is -1.27. The molecule has 1 aliphatic heterocycles. The predicted molar refractivity (Wildman–Crippen MR) is 68.8 cm³/mol. The number of hydrogen-bond acceptors (Lipinski definition) is 6. The molecule has 1 aromatic rings. The van der Waals surface area contributed by atoms with Crippen molar-refractivity contribution in [3.8, 4) is 0 Å². The van der Waals surface area contributed by atoms with Crippen molar-refractivity contribution in [1.29, 1.82) is 0 Å². The zero-order valence-electron chi connectivity index (χ0n) is 9.98. The predicted octanol–water partition coefficient (Wildman–Crippen LogP) is -0.448. The molecule has 0 amide bonds. The van der Waals surface area contributed by atoms with E-state index in [4.69, 9.17) is 21.4 Å². The molecular formula is C12H16ClNO5. The number of ether oxygens (including phenoxy) is 1. The van der Waals surface area contributed by atoms with Crippen LogP contribution in [0.1, 0.15) is 0 Å². The first-order chi connectivity index (χ1) is 9.02. The average Bonchev–Trinajstić information content (AvgIpc) is 2.69. The molecule has 2 rings (SSSR count). The molecule has 5 N–H and O–H groups in total. The van der Waals surface area contributed by atoms with Crippen molar-refractivity contribution in [2.75, 3.05) is 11.9 Å². The molecular weight excluding hydrogens is 274 g/mol. The van der Waals surface area contributed by atoms with Crippen LogP contribution in [-0.2, 0) is 4.74 Å². The third kappa shape index (κ3) is 3.17. The molecule has 6 nitrogen and oxygen atoms in total. The highest BCUT2D eigenvalue weighted by Crippen LogP contribution is 2.25. The number of rotatable bonds is 4. The summed E-state index contributed by atoms with van der Waals surface area (Å²) in [4.78, 5) is 0. The molecule has 0 unspecified atom stereocenters. The third-order valence-electron chi connectivity index (χ3n) is 3.02. The number of benzene rings is 1. The summed E-state index contributed by atoms with van der Waals surface area (Å²) in [6.45, 7) is -0.553. The zero-order chi connectivity index (χ0) is 14.0. The lowest BCUT2D eigenvalue weighted by molar-refractivity contribution is -0.0774. The van der Waals surface area contributed by atoms with E-state index < -0.39 is 37.3 Å². The molecule has 1 heterocycles. The van der Waals surface area contributed by atoms with Crippen LogP contribution in [0.3, 0.4) is 0 Å². The minimum Gasteiger partial charge on any atom is -0.394 e. The van der Waals surface area contributed by atoms with E-state index in [0.29, 0.717) is 10.7 Å². The van der Waals surface area contributed by atoms with Crippen LogP contribution in [0.5, 0.6) is 0 Å². The summed E-state index contributed by atoms with van der Waals surface area (Å²) >= 11 is 5.75. The molecule has 0 spiro atoms. The Morgan fingerprint density at radius 2 is 1.84 bits per heavy atom. The summed E-state index contributed by atoms with van der Waals surface area (Å²) in [6, 6.07) is 6.73. The maximum absolute atomic E-state index is 9.83. The van der Waals surface area contributed by atoms with Gasteiger partial charge >= 0.3 is 0 Å². The second-order valence-electron chi connectivity index (χ2n) is 4.40. The van der Waals surface area contributed by atoms with Gasteiger partial charge in [-0.05, 0) is 24.3 Å². The van der Waals surface area contributed by atoms with Crippen LogP contribution in [0.2, 0.25) is 5.02 Å². The van der Waals surface area contributed by atoms with Crippen molar-refractivity contribution in [2.24, 2.45) is 0 Å². The van der Waals surface area contributed by atoms with Crippen molar-refractivity contribution >= 4 is 17.3 Å². The summed E-state index contributed by atoms with van der Waals surface area (Å²) in [6.07, 6.45) is -5.64. The highest BCUT2D eigenvalue weighted by atomic mass is 35.5. The van der Waals surface area contributed by atoms with Crippen LogP contribution in [-0.4, -0.2) is 57.7 Å². The average molecular weight is 290 g/mol. The Hall–Kier alpha value is -0.890. The van der Waals surface area contributed by atoms with E-state index >= 15 is 0 Å². The van der Waals surface area contributed by atoms with Gasteiger partial charge in [0.05, 0.1) is 6.61 Å². The number of anilines is 1. The standard InChI is InChI=1S/C12H16ClNO5/c13-6-1-3-7(4-2-6)14-12-10(18)9(17)11(19-12)8(16)5-15/h1-4,8-12,14-18H,5H2/t8-,9-,10-,11-,12-/m0/s1. The van der Waals surface area contributed by atoms with Crippen molar-refractivity contribution in [3.63, 3.8) is 0 Å². The molecule has 7 heteroatoms. The van der Waals surface area contributed by atoms with E-state index in [1.54, 1.807) is 24.3 Å². The Balaban J connectivity index is 2.03.